The second kappa shape index (κ2) is 9.03. The van der Waals surface area contributed by atoms with Gasteiger partial charge < -0.3 is 9.64 Å². The number of nitrogens with zero attached hydrogens (tertiary/aromatic N) is 2. The number of urea groups is 1. The van der Waals surface area contributed by atoms with Crippen molar-refractivity contribution in [1.82, 2.24) is 20.8 Å². The molecule has 0 aromatic carbocycles. The second-order valence-corrected chi connectivity index (χ2v) is 7.38. The summed E-state index contributed by atoms with van der Waals surface area (Å²) in [5.41, 5.74) is 4.68. The van der Waals surface area contributed by atoms with Gasteiger partial charge in [0.1, 0.15) is 6.04 Å². The van der Waals surface area contributed by atoms with E-state index in [1.165, 1.54) is 0 Å². The van der Waals surface area contributed by atoms with Crippen LogP contribution in [0.5, 0.6) is 0 Å². The Bertz CT molecular complexity index is 698. The summed E-state index contributed by atoms with van der Waals surface area (Å²) in [7, 11) is -4.84. The molecule has 3 aliphatic rings. The van der Waals surface area contributed by atoms with Crippen molar-refractivity contribution < 1.29 is 36.4 Å². The van der Waals surface area contributed by atoms with Crippen LogP contribution in [-0.4, -0.2) is 102 Å². The van der Waals surface area contributed by atoms with Crippen molar-refractivity contribution in [2.24, 2.45) is 5.92 Å². The molecule has 0 spiro atoms. The largest absolute Gasteiger partial charge is 0.418 e. The Kier molecular flexibility index (Phi) is 7.47. The molecule has 3 heterocycles. The van der Waals surface area contributed by atoms with Crippen LogP contribution >= 0.6 is 0 Å². The summed E-state index contributed by atoms with van der Waals surface area (Å²) in [6.07, 6.45) is 1.71. The molecule has 1 radical (unpaired) electrons. The molecule has 147 valence electrons. The Morgan fingerprint density at radius 1 is 1.11 bits per heavy atom. The molecule has 12 nitrogen and oxygen atoms in total. The number of hydrazine groups is 1. The molecule has 3 aliphatic heterocycles. The standard InChI is InChI=1S/C13H20N4O8S.Na/c18-11(8-3-5-24-6-4-8)14-15-12(19)10-2-1-9-7-16(10)13(20)17(9)25-26(21,22)23;/h8-10H,1-7H2,(H,14,18)(H,15,19)(H,21,22,23);/t9-,10+;/m1./s1. The van der Waals surface area contributed by atoms with E-state index in [4.69, 9.17) is 9.29 Å². The van der Waals surface area contributed by atoms with Gasteiger partial charge in [0.15, 0.2) is 0 Å². The third-order valence-electron chi connectivity index (χ3n) is 4.70. The van der Waals surface area contributed by atoms with E-state index in [1.54, 1.807) is 0 Å². The number of hydrogen-bond acceptors (Lipinski definition) is 7. The predicted molar refractivity (Wildman–Crippen MR) is 89.0 cm³/mol. The van der Waals surface area contributed by atoms with Crippen LogP contribution in [0.15, 0.2) is 0 Å². The number of amides is 4. The zero-order valence-electron chi connectivity index (χ0n) is 14.8. The van der Waals surface area contributed by atoms with Crippen molar-refractivity contribution in [2.45, 2.75) is 37.8 Å². The summed E-state index contributed by atoms with van der Waals surface area (Å²) < 4.78 is 39.9. The van der Waals surface area contributed by atoms with E-state index in [9.17, 15) is 22.8 Å². The third kappa shape index (κ3) is 5.31. The van der Waals surface area contributed by atoms with Crippen LogP contribution in [-0.2, 0) is 29.0 Å². The minimum Gasteiger partial charge on any atom is -0.381 e. The number of carbonyl (C=O) groups excluding carboxylic acids is 3. The maximum atomic E-state index is 12.3. The molecule has 3 N–H and O–H groups in total. The maximum absolute atomic E-state index is 12.3. The maximum Gasteiger partial charge on any atom is 0.418 e. The summed E-state index contributed by atoms with van der Waals surface area (Å²) in [5, 5.41) is 0.559. The number of nitrogens with one attached hydrogen (secondary N) is 2. The molecule has 0 saturated carbocycles. The van der Waals surface area contributed by atoms with Gasteiger partial charge >= 0.3 is 16.4 Å². The monoisotopic (exact) mass is 415 g/mol. The van der Waals surface area contributed by atoms with Crippen molar-refractivity contribution >= 4 is 57.8 Å². The van der Waals surface area contributed by atoms with E-state index in [1.807, 2.05) is 0 Å². The SMILES string of the molecule is O=C(NNC(=O)[C@@H]1CC[C@@H]2CN1C(=O)N2OS(=O)(=O)O)C1CCOCC1.[Na]. The smallest absolute Gasteiger partial charge is 0.381 e. The predicted octanol–water partition coefficient (Wildman–Crippen LogP) is -1.82. The molecule has 3 fully saturated rings. The summed E-state index contributed by atoms with van der Waals surface area (Å²) in [6.45, 7) is 1.06. The molecule has 0 aromatic rings. The van der Waals surface area contributed by atoms with Crippen molar-refractivity contribution in [1.29, 1.82) is 0 Å². The Morgan fingerprint density at radius 3 is 2.37 bits per heavy atom. The molecule has 3 rings (SSSR count). The van der Waals surface area contributed by atoms with Gasteiger partial charge in [-0.25, -0.2) is 4.79 Å². The van der Waals surface area contributed by atoms with Gasteiger partial charge in [0.25, 0.3) is 5.91 Å². The summed E-state index contributed by atoms with van der Waals surface area (Å²) in [6, 6.07) is -2.28. The normalized spacial score (nSPS) is 25.7. The fourth-order valence-electron chi connectivity index (χ4n) is 3.37. The van der Waals surface area contributed by atoms with Gasteiger partial charge in [-0.1, -0.05) is 0 Å². The van der Waals surface area contributed by atoms with Crippen LogP contribution in [0.1, 0.15) is 25.7 Å². The molecule has 2 atom stereocenters. The molecule has 27 heavy (non-hydrogen) atoms. The number of rotatable bonds is 4. The Hall–Kier alpha value is -0.960. The zero-order chi connectivity index (χ0) is 18.9. The van der Waals surface area contributed by atoms with Crippen molar-refractivity contribution in [3.05, 3.63) is 0 Å². The number of piperidine rings is 1. The van der Waals surface area contributed by atoms with E-state index in [-0.39, 0.29) is 54.3 Å². The summed E-state index contributed by atoms with van der Waals surface area (Å²) >= 11 is 0. The summed E-state index contributed by atoms with van der Waals surface area (Å²) in [4.78, 5) is 37.8. The molecule has 0 aliphatic carbocycles. The fraction of sp³-hybridized carbons (Fsp3) is 0.769. The van der Waals surface area contributed by atoms with Crippen LogP contribution in [0.2, 0.25) is 0 Å². The first-order chi connectivity index (χ1) is 12.3. The fourth-order valence-corrected chi connectivity index (χ4v) is 3.76. The molecular weight excluding hydrogens is 395 g/mol. The summed E-state index contributed by atoms with van der Waals surface area (Å²) in [5.74, 6) is -1.14. The topological polar surface area (TPSA) is 155 Å². The van der Waals surface area contributed by atoms with Crippen molar-refractivity contribution in [2.75, 3.05) is 19.8 Å². The molecule has 3 saturated heterocycles. The number of hydroxylamine groups is 2. The Balaban J connectivity index is 0.00000261. The number of ether oxygens (including phenoxy) is 1. The average molecular weight is 415 g/mol. The van der Waals surface area contributed by atoms with E-state index in [0.717, 1.165) is 4.90 Å². The van der Waals surface area contributed by atoms with Crippen LogP contribution in [0.3, 0.4) is 0 Å². The van der Waals surface area contributed by atoms with Gasteiger partial charge in [0, 0.05) is 55.2 Å². The molecule has 0 unspecified atom stereocenters. The van der Waals surface area contributed by atoms with E-state index in [0.29, 0.717) is 37.5 Å². The van der Waals surface area contributed by atoms with Gasteiger partial charge in [0.2, 0.25) is 5.91 Å². The minimum absolute atomic E-state index is 0. The molecule has 4 amide bonds. The first-order valence-electron chi connectivity index (χ1n) is 8.20. The molecule has 2 bridgehead atoms. The number of hydrogen-bond donors (Lipinski definition) is 3. The van der Waals surface area contributed by atoms with Gasteiger partial charge in [-0.15, -0.1) is 4.28 Å². The zero-order valence-corrected chi connectivity index (χ0v) is 17.6. The van der Waals surface area contributed by atoms with Gasteiger partial charge in [0.05, 0.1) is 6.04 Å². The van der Waals surface area contributed by atoms with Gasteiger partial charge in [-0.3, -0.25) is 25.0 Å². The third-order valence-corrected chi connectivity index (χ3v) is 5.05. The van der Waals surface area contributed by atoms with Crippen molar-refractivity contribution in [3.8, 4) is 0 Å². The second-order valence-electron chi connectivity index (χ2n) is 6.38. The molecule has 0 aromatic heterocycles. The number of carbonyl (C=O) groups is 3. The molecular formula is C13H20N4NaO8S. The average Bonchev–Trinajstić information content (AvgIpc) is 2.84. The molecule has 14 heteroatoms. The van der Waals surface area contributed by atoms with Crippen LogP contribution in [0.25, 0.3) is 0 Å². The van der Waals surface area contributed by atoms with Gasteiger partial charge in [-0.05, 0) is 25.7 Å². The quantitative estimate of drug-likeness (QED) is 0.276. The first-order valence-corrected chi connectivity index (χ1v) is 9.57. The first kappa shape index (κ1) is 22.3. The van der Waals surface area contributed by atoms with Crippen molar-refractivity contribution in [3.63, 3.8) is 0 Å². The van der Waals surface area contributed by atoms with E-state index >= 15 is 0 Å². The van der Waals surface area contributed by atoms with Crippen LogP contribution in [0.4, 0.5) is 4.79 Å². The van der Waals surface area contributed by atoms with Gasteiger partial charge in [-0.2, -0.15) is 13.5 Å². The Labute approximate surface area is 178 Å². The van der Waals surface area contributed by atoms with E-state index in [2.05, 4.69) is 15.1 Å². The van der Waals surface area contributed by atoms with Crippen LogP contribution in [0, 0.1) is 5.92 Å². The minimum atomic E-state index is -4.84. The van der Waals surface area contributed by atoms with E-state index < -0.39 is 34.4 Å². The van der Waals surface area contributed by atoms with Crippen LogP contribution < -0.4 is 10.9 Å². The Morgan fingerprint density at radius 2 is 1.74 bits per heavy atom. The number of fused-ring (bicyclic) bond motifs is 2.